The summed E-state index contributed by atoms with van der Waals surface area (Å²) in [6.45, 7) is 8.43. The number of thioether (sulfide) groups is 1. The molecule has 0 radical (unpaired) electrons. The Morgan fingerprint density at radius 1 is 1.35 bits per heavy atom. The summed E-state index contributed by atoms with van der Waals surface area (Å²) in [5.41, 5.74) is 1.84. The highest BCUT2D eigenvalue weighted by Gasteiger charge is 2.16. The second-order valence-corrected chi connectivity index (χ2v) is 9.05. The first kappa shape index (κ1) is 19.4. The maximum Gasteiger partial charge on any atom is 0.252 e. The van der Waals surface area contributed by atoms with Crippen LogP contribution in [-0.4, -0.2) is 42.0 Å². The van der Waals surface area contributed by atoms with Crippen LogP contribution in [0.3, 0.4) is 0 Å². The first-order valence-corrected chi connectivity index (χ1v) is 11.1. The summed E-state index contributed by atoms with van der Waals surface area (Å²) >= 11 is 3.34. The topological polar surface area (TPSA) is 45.2 Å². The fraction of sp³-hybridized carbons (Fsp3) is 0.500. The number of aryl methyl sites for hydroxylation is 1. The lowest BCUT2D eigenvalue weighted by molar-refractivity contribution is 0.0942. The lowest BCUT2D eigenvalue weighted by Crippen LogP contribution is -2.34. The molecular formula is C20H27N3OS2. The van der Waals surface area contributed by atoms with Crippen LogP contribution < -0.4 is 5.32 Å². The molecule has 1 aromatic heterocycles. The highest BCUT2D eigenvalue weighted by atomic mass is 32.2. The summed E-state index contributed by atoms with van der Waals surface area (Å²) in [5, 5.41) is 6.29. The summed E-state index contributed by atoms with van der Waals surface area (Å²) < 4.78 is 0. The molecule has 26 heavy (non-hydrogen) atoms. The summed E-state index contributed by atoms with van der Waals surface area (Å²) in [5.74, 6) is 1.28. The number of rotatable bonds is 8. The Morgan fingerprint density at radius 2 is 2.12 bits per heavy atom. The Morgan fingerprint density at radius 3 is 2.85 bits per heavy atom. The third-order valence-corrected chi connectivity index (χ3v) is 6.48. The Kier molecular flexibility index (Phi) is 7.11. The first-order chi connectivity index (χ1) is 12.6. The van der Waals surface area contributed by atoms with Gasteiger partial charge in [0, 0.05) is 29.1 Å². The van der Waals surface area contributed by atoms with Crippen molar-refractivity contribution in [1.29, 1.82) is 0 Å². The zero-order valence-corrected chi connectivity index (χ0v) is 17.2. The maximum absolute atomic E-state index is 12.7. The van der Waals surface area contributed by atoms with Crippen molar-refractivity contribution in [3.63, 3.8) is 0 Å². The van der Waals surface area contributed by atoms with Crippen molar-refractivity contribution in [2.24, 2.45) is 5.92 Å². The Balaban J connectivity index is 1.53. The van der Waals surface area contributed by atoms with Crippen LogP contribution in [-0.2, 0) is 5.75 Å². The van der Waals surface area contributed by atoms with Crippen LogP contribution in [0.4, 0.5) is 0 Å². The molecule has 1 unspecified atom stereocenters. The van der Waals surface area contributed by atoms with Gasteiger partial charge >= 0.3 is 0 Å². The molecule has 2 aromatic rings. The number of thiazole rings is 1. The maximum atomic E-state index is 12.7. The Bertz CT molecular complexity index is 725. The smallest absolute Gasteiger partial charge is 0.252 e. The third kappa shape index (κ3) is 5.56. The van der Waals surface area contributed by atoms with Gasteiger partial charge in [-0.1, -0.05) is 19.1 Å². The van der Waals surface area contributed by atoms with E-state index in [1.807, 2.05) is 31.2 Å². The van der Waals surface area contributed by atoms with Crippen LogP contribution in [0, 0.1) is 12.8 Å². The Labute approximate surface area is 164 Å². The number of carbonyl (C=O) groups is 1. The lowest BCUT2D eigenvalue weighted by atomic mass is 10.1. The van der Waals surface area contributed by atoms with Crippen LogP contribution in [0.15, 0.2) is 34.5 Å². The van der Waals surface area contributed by atoms with E-state index in [1.165, 1.54) is 25.9 Å². The van der Waals surface area contributed by atoms with E-state index < -0.39 is 0 Å². The second kappa shape index (κ2) is 9.53. The second-order valence-electron chi connectivity index (χ2n) is 6.97. The van der Waals surface area contributed by atoms with Gasteiger partial charge in [0.25, 0.3) is 5.91 Å². The van der Waals surface area contributed by atoms with Gasteiger partial charge in [0.15, 0.2) is 0 Å². The molecule has 1 saturated heterocycles. The fourth-order valence-corrected chi connectivity index (χ4v) is 4.90. The molecule has 0 saturated carbocycles. The normalized spacial score (nSPS) is 15.9. The molecule has 0 spiro atoms. The molecule has 2 heterocycles. The van der Waals surface area contributed by atoms with Crippen molar-refractivity contribution in [1.82, 2.24) is 15.2 Å². The highest BCUT2D eigenvalue weighted by Crippen LogP contribution is 2.26. The van der Waals surface area contributed by atoms with E-state index in [2.05, 4.69) is 27.5 Å². The predicted molar refractivity (Wildman–Crippen MR) is 110 cm³/mol. The zero-order valence-electron chi connectivity index (χ0n) is 15.5. The minimum Gasteiger partial charge on any atom is -0.352 e. The van der Waals surface area contributed by atoms with Gasteiger partial charge in [-0.15, -0.1) is 23.1 Å². The van der Waals surface area contributed by atoms with Gasteiger partial charge in [0.05, 0.1) is 16.3 Å². The van der Waals surface area contributed by atoms with Crippen LogP contribution in [0.2, 0.25) is 0 Å². The van der Waals surface area contributed by atoms with Crippen LogP contribution in [0.5, 0.6) is 0 Å². The molecule has 1 amide bonds. The average Bonchev–Trinajstić information content (AvgIpc) is 3.30. The molecule has 1 aliphatic heterocycles. The number of likely N-dealkylation sites (tertiary alicyclic amines) is 1. The molecule has 3 rings (SSSR count). The summed E-state index contributed by atoms with van der Waals surface area (Å²) in [6, 6.07) is 7.85. The van der Waals surface area contributed by atoms with E-state index in [1.54, 1.807) is 23.1 Å². The first-order valence-electron chi connectivity index (χ1n) is 9.25. The van der Waals surface area contributed by atoms with E-state index >= 15 is 0 Å². The van der Waals surface area contributed by atoms with Crippen LogP contribution in [0.25, 0.3) is 0 Å². The standard InChI is InChI=1S/C20H27N3OS2/c1-15(12-23-9-5-6-10-23)11-21-20(24)18-7-3-4-8-19(18)26-14-17-13-25-16(2)22-17/h3-4,7-8,13,15H,5-6,9-12,14H2,1-2H3,(H,21,24). The molecule has 0 aliphatic carbocycles. The molecule has 1 atom stereocenters. The van der Waals surface area contributed by atoms with Crippen molar-refractivity contribution in [2.75, 3.05) is 26.2 Å². The number of benzene rings is 1. The number of hydrogen-bond acceptors (Lipinski definition) is 5. The van der Waals surface area contributed by atoms with Gasteiger partial charge in [-0.05, 0) is 50.9 Å². The average molecular weight is 390 g/mol. The molecule has 1 fully saturated rings. The molecule has 1 aliphatic rings. The number of hydrogen-bond donors (Lipinski definition) is 1. The Hall–Kier alpha value is -1.37. The molecule has 1 aromatic carbocycles. The van der Waals surface area contributed by atoms with Gasteiger partial charge in [0.1, 0.15) is 0 Å². The minimum atomic E-state index is 0.0239. The van der Waals surface area contributed by atoms with Crippen LogP contribution in [0.1, 0.15) is 40.8 Å². The van der Waals surface area contributed by atoms with Gasteiger partial charge in [-0.25, -0.2) is 4.98 Å². The third-order valence-electron chi connectivity index (χ3n) is 4.55. The summed E-state index contributed by atoms with van der Waals surface area (Å²) in [4.78, 5) is 20.7. The van der Waals surface area contributed by atoms with Gasteiger partial charge in [-0.3, -0.25) is 4.79 Å². The predicted octanol–water partition coefficient (Wildman–Crippen LogP) is 4.21. The van der Waals surface area contributed by atoms with E-state index in [-0.39, 0.29) is 5.91 Å². The number of carbonyl (C=O) groups excluding carboxylic acids is 1. The number of nitrogens with one attached hydrogen (secondary N) is 1. The lowest BCUT2D eigenvalue weighted by Gasteiger charge is -2.20. The molecule has 4 nitrogen and oxygen atoms in total. The number of nitrogens with zero attached hydrogens (tertiary/aromatic N) is 2. The van der Waals surface area contributed by atoms with Gasteiger partial charge < -0.3 is 10.2 Å². The monoisotopic (exact) mass is 389 g/mol. The summed E-state index contributed by atoms with van der Waals surface area (Å²) in [6.07, 6.45) is 2.62. The highest BCUT2D eigenvalue weighted by molar-refractivity contribution is 7.98. The van der Waals surface area contributed by atoms with Crippen molar-refractivity contribution in [2.45, 2.75) is 37.3 Å². The van der Waals surface area contributed by atoms with Gasteiger partial charge in [0.2, 0.25) is 0 Å². The van der Waals surface area contributed by atoms with Crippen molar-refractivity contribution in [3.05, 3.63) is 45.9 Å². The zero-order chi connectivity index (χ0) is 18.4. The molecule has 140 valence electrons. The molecule has 6 heteroatoms. The molecule has 1 N–H and O–H groups in total. The molecule has 0 bridgehead atoms. The minimum absolute atomic E-state index is 0.0239. The van der Waals surface area contributed by atoms with E-state index in [4.69, 9.17) is 0 Å². The van der Waals surface area contributed by atoms with E-state index in [9.17, 15) is 4.79 Å². The fourth-order valence-electron chi connectivity index (χ4n) is 3.24. The van der Waals surface area contributed by atoms with E-state index in [0.717, 1.165) is 40.0 Å². The largest absolute Gasteiger partial charge is 0.352 e. The van der Waals surface area contributed by atoms with Crippen LogP contribution >= 0.6 is 23.1 Å². The summed E-state index contributed by atoms with van der Waals surface area (Å²) in [7, 11) is 0. The van der Waals surface area contributed by atoms with Crippen molar-refractivity contribution >= 4 is 29.0 Å². The number of aromatic nitrogens is 1. The SMILES string of the molecule is Cc1nc(CSc2ccccc2C(=O)NCC(C)CN2CCCC2)cs1. The molecular weight excluding hydrogens is 362 g/mol. The van der Waals surface area contributed by atoms with E-state index in [0.29, 0.717) is 5.92 Å². The van der Waals surface area contributed by atoms with Crippen molar-refractivity contribution < 1.29 is 4.79 Å². The van der Waals surface area contributed by atoms with Gasteiger partial charge in [-0.2, -0.15) is 0 Å². The number of amides is 1. The quantitative estimate of drug-likeness (QED) is 0.687. The van der Waals surface area contributed by atoms with Crippen molar-refractivity contribution in [3.8, 4) is 0 Å².